The Morgan fingerprint density at radius 2 is 2.05 bits per heavy atom. The molecule has 0 aliphatic heterocycles. The molecule has 0 heterocycles. The van der Waals surface area contributed by atoms with Crippen molar-refractivity contribution >= 4 is 11.6 Å². The van der Waals surface area contributed by atoms with Gasteiger partial charge in [0, 0.05) is 32.3 Å². The van der Waals surface area contributed by atoms with Crippen LogP contribution in [0, 0.1) is 0 Å². The summed E-state index contributed by atoms with van der Waals surface area (Å²) in [6.07, 6.45) is 0. The smallest absolute Gasteiger partial charge is 0.142 e. The van der Waals surface area contributed by atoms with Crippen LogP contribution in [-0.2, 0) is 11.3 Å². The molecular formula is C14H23ClN2O2. The molecule has 0 saturated carbocycles. The number of rotatable bonds is 9. The van der Waals surface area contributed by atoms with Crippen molar-refractivity contribution in [2.75, 3.05) is 47.5 Å². The summed E-state index contributed by atoms with van der Waals surface area (Å²) in [5.41, 5.74) is 1.07. The number of ether oxygens (including phenoxy) is 2. The van der Waals surface area contributed by atoms with Crippen LogP contribution in [0.15, 0.2) is 18.2 Å². The molecule has 4 nitrogen and oxygen atoms in total. The summed E-state index contributed by atoms with van der Waals surface area (Å²) in [7, 11) is 5.73. The highest BCUT2D eigenvalue weighted by Crippen LogP contribution is 2.28. The molecule has 19 heavy (non-hydrogen) atoms. The van der Waals surface area contributed by atoms with Gasteiger partial charge in [-0.1, -0.05) is 23.7 Å². The molecule has 5 heteroatoms. The standard InChI is InChI=1S/C14H23ClN2O2/c1-17(2)8-10-19-14-12(5-4-6-13(14)15)11-16-7-9-18-3/h4-6,16H,7-11H2,1-3H3. The number of halogens is 1. The van der Waals surface area contributed by atoms with Crippen LogP contribution in [0.1, 0.15) is 5.56 Å². The van der Waals surface area contributed by atoms with E-state index in [0.29, 0.717) is 18.2 Å². The third-order valence-electron chi connectivity index (χ3n) is 2.63. The number of hydrogen-bond donors (Lipinski definition) is 1. The van der Waals surface area contributed by atoms with E-state index in [4.69, 9.17) is 21.1 Å². The van der Waals surface area contributed by atoms with Gasteiger partial charge in [0.15, 0.2) is 0 Å². The van der Waals surface area contributed by atoms with Crippen molar-refractivity contribution in [2.24, 2.45) is 0 Å². The van der Waals surface area contributed by atoms with Gasteiger partial charge in [-0.25, -0.2) is 0 Å². The topological polar surface area (TPSA) is 33.7 Å². The summed E-state index contributed by atoms with van der Waals surface area (Å²) >= 11 is 6.19. The molecule has 0 saturated heterocycles. The second-order valence-electron chi connectivity index (χ2n) is 4.55. The monoisotopic (exact) mass is 286 g/mol. The van der Waals surface area contributed by atoms with E-state index in [1.54, 1.807) is 7.11 Å². The summed E-state index contributed by atoms with van der Waals surface area (Å²) in [4.78, 5) is 2.08. The van der Waals surface area contributed by atoms with Crippen LogP contribution < -0.4 is 10.1 Å². The van der Waals surface area contributed by atoms with Crippen molar-refractivity contribution in [3.05, 3.63) is 28.8 Å². The highest BCUT2D eigenvalue weighted by Gasteiger charge is 2.08. The largest absolute Gasteiger partial charge is 0.490 e. The molecule has 0 radical (unpaired) electrons. The van der Waals surface area contributed by atoms with Gasteiger partial charge < -0.3 is 19.7 Å². The summed E-state index contributed by atoms with van der Waals surface area (Å²) in [6.45, 7) is 3.71. The molecular weight excluding hydrogens is 264 g/mol. The quantitative estimate of drug-likeness (QED) is 0.704. The Morgan fingerprint density at radius 3 is 2.74 bits per heavy atom. The van der Waals surface area contributed by atoms with Crippen LogP contribution in [0.3, 0.4) is 0 Å². The maximum Gasteiger partial charge on any atom is 0.142 e. The number of benzene rings is 1. The van der Waals surface area contributed by atoms with E-state index in [9.17, 15) is 0 Å². The lowest BCUT2D eigenvalue weighted by atomic mass is 10.2. The fraction of sp³-hybridized carbons (Fsp3) is 0.571. The molecule has 0 aromatic heterocycles. The molecule has 108 valence electrons. The van der Waals surface area contributed by atoms with Crippen LogP contribution in [0.2, 0.25) is 5.02 Å². The zero-order valence-corrected chi connectivity index (χ0v) is 12.7. The first-order valence-electron chi connectivity index (χ1n) is 6.39. The van der Waals surface area contributed by atoms with E-state index in [-0.39, 0.29) is 0 Å². The average molecular weight is 287 g/mol. The minimum atomic E-state index is 0.627. The van der Waals surface area contributed by atoms with Gasteiger partial charge in [-0.2, -0.15) is 0 Å². The SMILES string of the molecule is COCCNCc1cccc(Cl)c1OCCN(C)C. The van der Waals surface area contributed by atoms with Crippen LogP contribution in [-0.4, -0.2) is 52.4 Å². The van der Waals surface area contributed by atoms with Gasteiger partial charge >= 0.3 is 0 Å². The Morgan fingerprint density at radius 1 is 1.26 bits per heavy atom. The second-order valence-corrected chi connectivity index (χ2v) is 4.96. The van der Waals surface area contributed by atoms with Gasteiger partial charge in [-0.3, -0.25) is 0 Å². The van der Waals surface area contributed by atoms with Gasteiger partial charge in [-0.05, 0) is 20.2 Å². The average Bonchev–Trinajstić information content (AvgIpc) is 2.37. The lowest BCUT2D eigenvalue weighted by Crippen LogP contribution is -2.21. The van der Waals surface area contributed by atoms with E-state index in [1.165, 1.54) is 0 Å². The van der Waals surface area contributed by atoms with Crippen molar-refractivity contribution in [3.63, 3.8) is 0 Å². The predicted octanol–water partition coefficient (Wildman–Crippen LogP) is 2.02. The molecule has 1 N–H and O–H groups in total. The number of nitrogens with zero attached hydrogens (tertiary/aromatic N) is 1. The highest BCUT2D eigenvalue weighted by atomic mass is 35.5. The molecule has 0 atom stereocenters. The van der Waals surface area contributed by atoms with Crippen LogP contribution >= 0.6 is 11.6 Å². The Labute approximate surface area is 120 Å². The number of nitrogens with one attached hydrogen (secondary N) is 1. The lowest BCUT2D eigenvalue weighted by Gasteiger charge is -2.15. The zero-order chi connectivity index (χ0) is 14.1. The first-order valence-corrected chi connectivity index (χ1v) is 6.77. The molecule has 0 aliphatic rings. The molecule has 0 aliphatic carbocycles. The van der Waals surface area contributed by atoms with E-state index in [2.05, 4.69) is 10.2 Å². The van der Waals surface area contributed by atoms with Crippen LogP contribution in [0.4, 0.5) is 0 Å². The van der Waals surface area contributed by atoms with Crippen molar-refractivity contribution in [3.8, 4) is 5.75 Å². The first-order chi connectivity index (χ1) is 9.15. The fourth-order valence-corrected chi connectivity index (χ4v) is 1.83. The molecule has 1 aromatic carbocycles. The highest BCUT2D eigenvalue weighted by molar-refractivity contribution is 6.32. The van der Waals surface area contributed by atoms with Crippen LogP contribution in [0.25, 0.3) is 0 Å². The van der Waals surface area contributed by atoms with Gasteiger partial charge in [0.25, 0.3) is 0 Å². The number of para-hydroxylation sites is 1. The maximum absolute atomic E-state index is 6.19. The summed E-state index contributed by atoms with van der Waals surface area (Å²) in [6, 6.07) is 5.82. The van der Waals surface area contributed by atoms with Crippen molar-refractivity contribution < 1.29 is 9.47 Å². The Hall–Kier alpha value is -0.810. The van der Waals surface area contributed by atoms with Crippen molar-refractivity contribution in [2.45, 2.75) is 6.54 Å². The molecule has 0 amide bonds. The summed E-state index contributed by atoms with van der Waals surface area (Å²) < 4.78 is 10.8. The van der Waals surface area contributed by atoms with Gasteiger partial charge in [0.05, 0.1) is 11.6 Å². The Bertz CT molecular complexity index is 372. The van der Waals surface area contributed by atoms with Gasteiger partial charge in [0.2, 0.25) is 0 Å². The molecule has 0 unspecified atom stereocenters. The Kier molecular flexibility index (Phi) is 7.82. The molecule has 1 aromatic rings. The molecule has 0 spiro atoms. The van der Waals surface area contributed by atoms with Gasteiger partial charge in [0.1, 0.15) is 12.4 Å². The van der Waals surface area contributed by atoms with E-state index in [1.807, 2.05) is 32.3 Å². The minimum Gasteiger partial charge on any atom is -0.490 e. The summed E-state index contributed by atoms with van der Waals surface area (Å²) in [5, 5.41) is 3.95. The fourth-order valence-electron chi connectivity index (χ4n) is 1.58. The normalized spacial score (nSPS) is 11.0. The van der Waals surface area contributed by atoms with E-state index >= 15 is 0 Å². The lowest BCUT2D eigenvalue weighted by molar-refractivity contribution is 0.199. The molecule has 0 fully saturated rings. The maximum atomic E-state index is 6.19. The van der Waals surface area contributed by atoms with Crippen LogP contribution in [0.5, 0.6) is 5.75 Å². The third kappa shape index (κ3) is 6.25. The number of hydrogen-bond acceptors (Lipinski definition) is 4. The third-order valence-corrected chi connectivity index (χ3v) is 2.93. The zero-order valence-electron chi connectivity index (χ0n) is 11.9. The van der Waals surface area contributed by atoms with E-state index in [0.717, 1.165) is 30.9 Å². The van der Waals surface area contributed by atoms with Gasteiger partial charge in [-0.15, -0.1) is 0 Å². The molecule has 0 bridgehead atoms. The number of methoxy groups -OCH3 is 1. The Balaban J connectivity index is 2.56. The minimum absolute atomic E-state index is 0.627. The van der Waals surface area contributed by atoms with Crippen molar-refractivity contribution in [1.82, 2.24) is 10.2 Å². The predicted molar refractivity (Wildman–Crippen MR) is 79.1 cm³/mol. The van der Waals surface area contributed by atoms with Crippen molar-refractivity contribution in [1.29, 1.82) is 0 Å². The first kappa shape index (κ1) is 16.2. The summed E-state index contributed by atoms with van der Waals surface area (Å²) in [5.74, 6) is 0.774. The molecule has 1 rings (SSSR count). The van der Waals surface area contributed by atoms with E-state index < -0.39 is 0 Å². The second kappa shape index (κ2) is 9.15. The number of likely N-dealkylation sites (N-methyl/N-ethyl adjacent to an activating group) is 1.